The van der Waals surface area contributed by atoms with Crippen molar-refractivity contribution in [2.24, 2.45) is 0 Å². The number of methoxy groups -OCH3 is 1. The van der Waals surface area contributed by atoms with Crippen LogP contribution in [0.2, 0.25) is 0 Å². The normalized spacial score (nSPS) is 11.8. The van der Waals surface area contributed by atoms with E-state index in [4.69, 9.17) is 9.47 Å². The first-order chi connectivity index (χ1) is 10.5. The summed E-state index contributed by atoms with van der Waals surface area (Å²) in [5, 5.41) is 21.2. The van der Waals surface area contributed by atoms with Gasteiger partial charge in [0.2, 0.25) is 0 Å². The van der Waals surface area contributed by atoms with E-state index in [2.05, 4.69) is 0 Å². The van der Waals surface area contributed by atoms with Gasteiger partial charge >= 0.3 is 5.69 Å². The first-order valence-electron chi connectivity index (χ1n) is 6.71. The molecule has 0 saturated heterocycles. The quantitative estimate of drug-likeness (QED) is 0.655. The van der Waals surface area contributed by atoms with E-state index in [9.17, 15) is 15.2 Å². The predicted molar refractivity (Wildman–Crippen MR) is 81.3 cm³/mol. The van der Waals surface area contributed by atoms with Gasteiger partial charge in [-0.05, 0) is 30.7 Å². The molecule has 116 valence electrons. The maximum atomic E-state index is 11.1. The first-order valence-corrected chi connectivity index (χ1v) is 6.71. The molecule has 0 saturated carbocycles. The number of nitrogens with zero attached hydrogens (tertiary/aromatic N) is 1. The number of rotatable bonds is 6. The third kappa shape index (κ3) is 3.53. The third-order valence-electron chi connectivity index (χ3n) is 3.26. The van der Waals surface area contributed by atoms with Gasteiger partial charge < -0.3 is 14.6 Å². The average molecular weight is 303 g/mol. The fourth-order valence-corrected chi connectivity index (χ4v) is 2.10. The van der Waals surface area contributed by atoms with Gasteiger partial charge in [0.15, 0.2) is 5.75 Å². The molecule has 0 spiro atoms. The van der Waals surface area contributed by atoms with Gasteiger partial charge in [0.05, 0.1) is 12.0 Å². The van der Waals surface area contributed by atoms with Crippen LogP contribution in [0.15, 0.2) is 42.5 Å². The molecule has 0 aliphatic carbocycles. The highest BCUT2D eigenvalue weighted by Gasteiger charge is 2.19. The van der Waals surface area contributed by atoms with E-state index < -0.39 is 11.0 Å². The number of hydrogen-bond donors (Lipinski definition) is 1. The molecule has 1 N–H and O–H groups in total. The zero-order valence-corrected chi connectivity index (χ0v) is 12.4. The number of benzene rings is 2. The summed E-state index contributed by atoms with van der Waals surface area (Å²) in [6.07, 6.45) is -0.907. The Morgan fingerprint density at radius 2 is 2.00 bits per heavy atom. The van der Waals surface area contributed by atoms with E-state index in [1.165, 1.54) is 13.2 Å². The Hall–Kier alpha value is -2.60. The van der Waals surface area contributed by atoms with Crippen molar-refractivity contribution in [3.63, 3.8) is 0 Å². The van der Waals surface area contributed by atoms with Gasteiger partial charge in [0, 0.05) is 5.56 Å². The molecule has 2 aromatic rings. The average Bonchev–Trinajstić information content (AvgIpc) is 2.52. The summed E-state index contributed by atoms with van der Waals surface area (Å²) in [6, 6.07) is 11.8. The molecule has 0 radical (unpaired) electrons. The van der Waals surface area contributed by atoms with Crippen LogP contribution in [0.3, 0.4) is 0 Å². The SMILES string of the molecule is COc1cccc(C(O)COc2cccc(C)c2[N+](=O)[O-])c1. The van der Waals surface area contributed by atoms with Crippen molar-refractivity contribution >= 4 is 5.69 Å². The van der Waals surface area contributed by atoms with Gasteiger partial charge in [-0.25, -0.2) is 0 Å². The Kier molecular flexibility index (Phi) is 4.95. The lowest BCUT2D eigenvalue weighted by atomic mass is 10.1. The van der Waals surface area contributed by atoms with E-state index in [-0.39, 0.29) is 18.0 Å². The van der Waals surface area contributed by atoms with Crippen molar-refractivity contribution in [2.45, 2.75) is 13.0 Å². The number of aliphatic hydroxyl groups is 1. The van der Waals surface area contributed by atoms with Crippen molar-refractivity contribution in [3.8, 4) is 11.5 Å². The molecule has 0 bridgehead atoms. The second-order valence-corrected chi connectivity index (χ2v) is 4.78. The summed E-state index contributed by atoms with van der Waals surface area (Å²) < 4.78 is 10.5. The highest BCUT2D eigenvalue weighted by Crippen LogP contribution is 2.31. The summed E-state index contributed by atoms with van der Waals surface area (Å²) >= 11 is 0. The molecule has 2 rings (SSSR count). The Morgan fingerprint density at radius 1 is 1.27 bits per heavy atom. The lowest BCUT2D eigenvalue weighted by Gasteiger charge is -2.14. The van der Waals surface area contributed by atoms with Crippen molar-refractivity contribution in [1.82, 2.24) is 0 Å². The van der Waals surface area contributed by atoms with E-state index in [1.54, 1.807) is 43.3 Å². The number of nitro benzene ring substituents is 1. The maximum absolute atomic E-state index is 11.1. The van der Waals surface area contributed by atoms with Gasteiger partial charge in [-0.1, -0.05) is 24.3 Å². The Bertz CT molecular complexity index is 671. The first kappa shape index (κ1) is 15.8. The van der Waals surface area contributed by atoms with Crippen LogP contribution in [0.25, 0.3) is 0 Å². The summed E-state index contributed by atoms with van der Waals surface area (Å²) in [5.41, 5.74) is 1.05. The molecule has 6 heteroatoms. The number of ether oxygens (including phenoxy) is 2. The standard InChI is InChI=1S/C16H17NO5/c1-11-5-3-8-15(16(11)17(19)20)22-10-14(18)12-6-4-7-13(9-12)21-2/h3-9,14,18H,10H2,1-2H3. The largest absolute Gasteiger partial charge is 0.497 e. The second-order valence-electron chi connectivity index (χ2n) is 4.78. The number of aliphatic hydroxyl groups excluding tert-OH is 1. The molecule has 0 fully saturated rings. The molecule has 22 heavy (non-hydrogen) atoms. The monoisotopic (exact) mass is 303 g/mol. The number of para-hydroxylation sites is 1. The van der Waals surface area contributed by atoms with Crippen LogP contribution in [-0.2, 0) is 0 Å². The third-order valence-corrected chi connectivity index (χ3v) is 3.26. The number of hydrogen-bond acceptors (Lipinski definition) is 5. The van der Waals surface area contributed by atoms with Crippen LogP contribution >= 0.6 is 0 Å². The smallest absolute Gasteiger partial charge is 0.313 e. The van der Waals surface area contributed by atoms with Crippen LogP contribution in [-0.4, -0.2) is 23.7 Å². The molecule has 0 aliphatic rings. The maximum Gasteiger partial charge on any atom is 0.313 e. The summed E-state index contributed by atoms with van der Waals surface area (Å²) in [6.45, 7) is 1.56. The van der Waals surface area contributed by atoms with E-state index in [0.717, 1.165) is 0 Å². The highest BCUT2D eigenvalue weighted by atomic mass is 16.6. The molecular weight excluding hydrogens is 286 g/mol. The highest BCUT2D eigenvalue weighted by molar-refractivity contribution is 5.52. The van der Waals surface area contributed by atoms with Crippen molar-refractivity contribution in [1.29, 1.82) is 0 Å². The Morgan fingerprint density at radius 3 is 2.68 bits per heavy atom. The van der Waals surface area contributed by atoms with Gasteiger partial charge in [-0.3, -0.25) is 10.1 Å². The van der Waals surface area contributed by atoms with Crippen LogP contribution in [0.1, 0.15) is 17.2 Å². The van der Waals surface area contributed by atoms with Crippen LogP contribution in [0.4, 0.5) is 5.69 Å². The zero-order chi connectivity index (χ0) is 16.1. The molecule has 1 unspecified atom stereocenters. The minimum Gasteiger partial charge on any atom is -0.497 e. The fraction of sp³-hybridized carbons (Fsp3) is 0.250. The van der Waals surface area contributed by atoms with E-state index in [1.807, 2.05) is 0 Å². The topological polar surface area (TPSA) is 81.8 Å². The molecule has 0 amide bonds. The molecule has 0 heterocycles. The molecule has 2 aromatic carbocycles. The van der Waals surface area contributed by atoms with Crippen LogP contribution < -0.4 is 9.47 Å². The molecule has 1 atom stereocenters. The molecular formula is C16H17NO5. The minimum absolute atomic E-state index is 0.0830. The zero-order valence-electron chi connectivity index (χ0n) is 12.4. The lowest BCUT2D eigenvalue weighted by molar-refractivity contribution is -0.386. The van der Waals surface area contributed by atoms with Crippen LogP contribution in [0.5, 0.6) is 11.5 Å². The fourth-order valence-electron chi connectivity index (χ4n) is 2.10. The summed E-state index contributed by atoms with van der Waals surface area (Å²) in [5.74, 6) is 0.769. The van der Waals surface area contributed by atoms with Crippen LogP contribution in [0, 0.1) is 17.0 Å². The van der Waals surface area contributed by atoms with Gasteiger partial charge in [0.1, 0.15) is 18.5 Å². The van der Waals surface area contributed by atoms with Crippen molar-refractivity contribution in [3.05, 3.63) is 63.7 Å². The van der Waals surface area contributed by atoms with Crippen molar-refractivity contribution in [2.75, 3.05) is 13.7 Å². The minimum atomic E-state index is -0.907. The molecule has 0 aromatic heterocycles. The predicted octanol–water partition coefficient (Wildman–Crippen LogP) is 3.02. The second kappa shape index (κ2) is 6.91. The molecule has 6 nitrogen and oxygen atoms in total. The van der Waals surface area contributed by atoms with Gasteiger partial charge in [-0.15, -0.1) is 0 Å². The van der Waals surface area contributed by atoms with Crippen molar-refractivity contribution < 1.29 is 19.5 Å². The Labute approximate surface area is 128 Å². The number of aryl methyl sites for hydroxylation is 1. The van der Waals surface area contributed by atoms with E-state index >= 15 is 0 Å². The summed E-state index contributed by atoms with van der Waals surface area (Å²) in [7, 11) is 1.54. The number of nitro groups is 1. The van der Waals surface area contributed by atoms with Gasteiger partial charge in [-0.2, -0.15) is 0 Å². The molecule has 0 aliphatic heterocycles. The lowest BCUT2D eigenvalue weighted by Crippen LogP contribution is -2.11. The van der Waals surface area contributed by atoms with Gasteiger partial charge in [0.25, 0.3) is 0 Å². The van der Waals surface area contributed by atoms with E-state index in [0.29, 0.717) is 16.9 Å². The Balaban J connectivity index is 2.13. The summed E-state index contributed by atoms with van der Waals surface area (Å²) in [4.78, 5) is 10.6.